The van der Waals surface area contributed by atoms with E-state index in [9.17, 15) is 40.4 Å². The van der Waals surface area contributed by atoms with Gasteiger partial charge in [-0.1, -0.05) is 11.6 Å². The lowest BCUT2D eigenvalue weighted by molar-refractivity contribution is -0.162. The van der Waals surface area contributed by atoms with Gasteiger partial charge >= 0.3 is 18.0 Å². The summed E-state index contributed by atoms with van der Waals surface area (Å²) in [5.74, 6) is -5.21. The lowest BCUT2D eigenvalue weighted by atomic mass is 10.1. The SMILES string of the molecule is CC(NC(=O)C(=O)N1CC2NS(=O)(=O)c3cn(C)c(C(=O)Nc4ccc(F)c(Cl)c4)c3OC[C@@H]2C1)C(F)(F)F. The highest BCUT2D eigenvalue weighted by atomic mass is 35.5. The Morgan fingerprint density at radius 2 is 1.92 bits per heavy atom. The molecule has 39 heavy (non-hydrogen) atoms. The number of carbonyl (C=O) groups is 3. The molecule has 1 saturated heterocycles. The van der Waals surface area contributed by atoms with Crippen LogP contribution in [0.5, 0.6) is 5.75 Å². The first kappa shape index (κ1) is 28.6. The number of benzene rings is 1. The number of anilines is 1. The minimum atomic E-state index is -4.76. The van der Waals surface area contributed by atoms with Crippen LogP contribution in [0.25, 0.3) is 0 Å². The number of carbonyl (C=O) groups excluding carboxylic acids is 3. The molecule has 2 aliphatic rings. The Morgan fingerprint density at radius 3 is 2.56 bits per heavy atom. The van der Waals surface area contributed by atoms with Gasteiger partial charge in [-0.15, -0.1) is 0 Å². The topological polar surface area (TPSA) is 139 Å². The number of rotatable bonds is 3. The van der Waals surface area contributed by atoms with Crippen molar-refractivity contribution in [1.29, 1.82) is 0 Å². The van der Waals surface area contributed by atoms with Crippen LogP contribution in [0, 0.1) is 11.7 Å². The molecule has 0 saturated carbocycles. The molecule has 0 spiro atoms. The second-order valence-corrected chi connectivity index (χ2v) is 11.2. The van der Waals surface area contributed by atoms with Gasteiger partial charge < -0.3 is 24.8 Å². The molecule has 11 nitrogen and oxygen atoms in total. The summed E-state index contributed by atoms with van der Waals surface area (Å²) >= 11 is 5.75. The summed E-state index contributed by atoms with van der Waals surface area (Å²) in [7, 11) is -2.90. The predicted octanol–water partition coefficient (Wildman–Crippen LogP) is 1.63. The van der Waals surface area contributed by atoms with Gasteiger partial charge in [-0.25, -0.2) is 17.5 Å². The number of nitrogens with zero attached hydrogens (tertiary/aromatic N) is 2. The molecule has 1 aromatic carbocycles. The van der Waals surface area contributed by atoms with Crippen molar-refractivity contribution in [3.63, 3.8) is 0 Å². The molecule has 1 aromatic heterocycles. The molecule has 0 aliphatic carbocycles. The number of hydrogen-bond acceptors (Lipinski definition) is 6. The molecule has 4 rings (SSSR count). The summed E-state index contributed by atoms with van der Waals surface area (Å²) in [5, 5.41) is 3.83. The van der Waals surface area contributed by atoms with Gasteiger partial charge in [0.2, 0.25) is 10.0 Å². The number of amides is 3. The first-order valence-corrected chi connectivity index (χ1v) is 13.2. The van der Waals surface area contributed by atoms with Gasteiger partial charge in [0.05, 0.1) is 11.6 Å². The van der Waals surface area contributed by atoms with E-state index < -0.39 is 57.7 Å². The maximum atomic E-state index is 13.5. The molecule has 3 amide bonds. The van der Waals surface area contributed by atoms with Gasteiger partial charge in [0.15, 0.2) is 11.4 Å². The first-order chi connectivity index (χ1) is 18.1. The molecule has 1 fully saturated rings. The zero-order chi connectivity index (χ0) is 28.9. The molecule has 3 heterocycles. The van der Waals surface area contributed by atoms with Crippen molar-refractivity contribution in [2.75, 3.05) is 25.0 Å². The molecular formula is C22H22ClF4N5O6S. The van der Waals surface area contributed by atoms with Crippen LogP contribution < -0.4 is 20.1 Å². The number of aromatic nitrogens is 1. The zero-order valence-corrected chi connectivity index (χ0v) is 21.9. The third-order valence-corrected chi connectivity index (χ3v) is 8.07. The Hall–Kier alpha value is -3.37. The number of hydrogen-bond donors (Lipinski definition) is 3. The van der Waals surface area contributed by atoms with Crippen LogP contribution in [-0.2, 0) is 26.7 Å². The monoisotopic (exact) mass is 595 g/mol. The third-order valence-electron chi connectivity index (χ3n) is 6.29. The summed E-state index contributed by atoms with van der Waals surface area (Å²) in [6.07, 6.45) is -3.61. The van der Waals surface area contributed by atoms with Gasteiger partial charge in [-0.05, 0) is 25.1 Å². The van der Waals surface area contributed by atoms with Gasteiger partial charge in [0, 0.05) is 44.0 Å². The largest absolute Gasteiger partial charge is 0.489 e. The van der Waals surface area contributed by atoms with Gasteiger partial charge in [0.1, 0.15) is 16.8 Å². The smallest absolute Gasteiger partial charge is 0.408 e. The average Bonchev–Trinajstić information content (AvgIpc) is 3.38. The maximum Gasteiger partial charge on any atom is 0.408 e. The Balaban J connectivity index is 1.54. The fourth-order valence-corrected chi connectivity index (χ4v) is 5.88. The Labute approximate surface area is 224 Å². The van der Waals surface area contributed by atoms with E-state index in [1.807, 2.05) is 0 Å². The fraction of sp³-hybridized carbons (Fsp3) is 0.409. The van der Waals surface area contributed by atoms with Crippen molar-refractivity contribution in [3.8, 4) is 5.75 Å². The molecule has 2 unspecified atom stereocenters. The number of nitrogens with one attached hydrogen (secondary N) is 3. The lowest BCUT2D eigenvalue weighted by Gasteiger charge is -2.23. The highest BCUT2D eigenvalue weighted by Crippen LogP contribution is 2.35. The van der Waals surface area contributed by atoms with Crippen molar-refractivity contribution in [2.24, 2.45) is 13.0 Å². The Kier molecular flexibility index (Phi) is 7.57. The molecule has 17 heteroatoms. The van der Waals surface area contributed by atoms with Crippen LogP contribution in [0.4, 0.5) is 23.2 Å². The number of fused-ring (bicyclic) bond motifs is 2. The van der Waals surface area contributed by atoms with Crippen LogP contribution in [0.15, 0.2) is 29.3 Å². The van der Waals surface area contributed by atoms with E-state index in [1.54, 1.807) is 5.32 Å². The number of likely N-dealkylation sites (tertiary alicyclic amines) is 1. The number of alkyl halides is 3. The molecule has 3 atom stereocenters. The van der Waals surface area contributed by atoms with Crippen LogP contribution in [0.1, 0.15) is 17.4 Å². The van der Waals surface area contributed by atoms with E-state index in [2.05, 4.69) is 10.0 Å². The minimum absolute atomic E-state index is 0.135. The van der Waals surface area contributed by atoms with Gasteiger partial charge in [-0.2, -0.15) is 13.2 Å². The number of halogens is 5. The van der Waals surface area contributed by atoms with Crippen molar-refractivity contribution in [2.45, 2.75) is 30.1 Å². The zero-order valence-electron chi connectivity index (χ0n) is 20.3. The minimum Gasteiger partial charge on any atom is -0.489 e. The van der Waals surface area contributed by atoms with E-state index in [1.165, 1.54) is 23.7 Å². The molecule has 2 aromatic rings. The fourth-order valence-electron chi connectivity index (χ4n) is 4.21. The van der Waals surface area contributed by atoms with Gasteiger partial charge in [0.25, 0.3) is 5.91 Å². The van der Waals surface area contributed by atoms with Crippen LogP contribution in [-0.4, -0.2) is 73.6 Å². The maximum absolute atomic E-state index is 13.5. The third kappa shape index (κ3) is 5.81. The summed E-state index contributed by atoms with van der Waals surface area (Å²) in [6.45, 7) is -0.00354. The highest BCUT2D eigenvalue weighted by molar-refractivity contribution is 7.89. The van der Waals surface area contributed by atoms with E-state index in [0.717, 1.165) is 17.2 Å². The summed E-state index contributed by atoms with van der Waals surface area (Å²) < 4.78 is 87.5. The number of sulfonamides is 1. The second kappa shape index (κ2) is 10.3. The summed E-state index contributed by atoms with van der Waals surface area (Å²) in [6, 6.07) is 0.277. The second-order valence-electron chi connectivity index (χ2n) is 9.11. The molecule has 3 N–H and O–H groups in total. The van der Waals surface area contributed by atoms with Gasteiger partial charge in [-0.3, -0.25) is 14.4 Å². The van der Waals surface area contributed by atoms with Crippen molar-refractivity contribution < 1.29 is 45.1 Å². The molecule has 0 radical (unpaired) electrons. The molecule has 212 valence electrons. The Bertz CT molecular complexity index is 1450. The van der Waals surface area contributed by atoms with E-state index in [0.29, 0.717) is 6.92 Å². The van der Waals surface area contributed by atoms with Crippen LogP contribution >= 0.6 is 11.6 Å². The van der Waals surface area contributed by atoms with Crippen LogP contribution in [0.3, 0.4) is 0 Å². The average molecular weight is 596 g/mol. The summed E-state index contributed by atoms with van der Waals surface area (Å²) in [5.41, 5.74) is -0.0444. The predicted molar refractivity (Wildman–Crippen MR) is 128 cm³/mol. The normalized spacial score (nSPS) is 21.1. The first-order valence-electron chi connectivity index (χ1n) is 11.4. The van der Waals surface area contributed by atoms with Crippen molar-refractivity contribution in [3.05, 3.63) is 40.9 Å². The van der Waals surface area contributed by atoms with E-state index >= 15 is 0 Å². The lowest BCUT2D eigenvalue weighted by Crippen LogP contribution is -2.50. The number of ether oxygens (including phenoxy) is 1. The summed E-state index contributed by atoms with van der Waals surface area (Å²) in [4.78, 5) is 38.2. The van der Waals surface area contributed by atoms with E-state index in [-0.39, 0.29) is 46.7 Å². The van der Waals surface area contributed by atoms with Crippen LogP contribution in [0.2, 0.25) is 5.02 Å². The standard InChI is InChI=1S/C22H22ClF4N5O6S/c1-10(22(25,26)27)28-20(34)21(35)32-6-11-9-38-18-16(39(36,37)30-15(11)7-32)8-31(2)17(18)19(33)29-12-3-4-14(24)13(23)5-12/h3-5,8,10-11,15,30H,6-7,9H2,1-2H3,(H,28,34)(H,29,33)/t10?,11-,15?/m0/s1. The number of aryl methyl sites for hydroxylation is 1. The quantitative estimate of drug-likeness (QED) is 0.364. The van der Waals surface area contributed by atoms with E-state index in [4.69, 9.17) is 16.3 Å². The Morgan fingerprint density at radius 1 is 1.23 bits per heavy atom. The highest BCUT2D eigenvalue weighted by Gasteiger charge is 2.44. The molecule has 2 aliphatic heterocycles. The van der Waals surface area contributed by atoms with Crippen molar-refractivity contribution >= 4 is 45.0 Å². The molecule has 0 bridgehead atoms. The molecular weight excluding hydrogens is 574 g/mol. The van der Waals surface area contributed by atoms with Crippen molar-refractivity contribution in [1.82, 2.24) is 19.5 Å².